The lowest BCUT2D eigenvalue weighted by Gasteiger charge is -2.35. The number of amides is 3. The van der Waals surface area contributed by atoms with Crippen molar-refractivity contribution >= 4 is 40.5 Å². The molecule has 0 spiro atoms. The fraction of sp³-hybridized carbons (Fsp3) is 0.514. The summed E-state index contributed by atoms with van der Waals surface area (Å²) in [6.07, 6.45) is 1.41. The number of halogens is 1. The summed E-state index contributed by atoms with van der Waals surface area (Å²) < 4.78 is 36.2. The van der Waals surface area contributed by atoms with Crippen molar-refractivity contribution in [2.75, 3.05) is 25.1 Å². The molecule has 3 aromatic rings. The Kier molecular flexibility index (Phi) is 11.6. The van der Waals surface area contributed by atoms with Crippen molar-refractivity contribution in [2.45, 2.75) is 90.2 Å². The monoisotopic (exact) mass is 679 g/mol. The minimum Gasteiger partial charge on any atom is -0.460 e. The van der Waals surface area contributed by atoms with Crippen LogP contribution in [0.25, 0.3) is 11.0 Å². The topological polar surface area (TPSA) is 136 Å². The SMILES string of the molecule is CCOC(=O)c1cc2cc(NC(=O)[C@H]3[C@@H](OCc4ccccc4)CCN3C(=O)C3CCC([C@@H](CF)NC(=O)OC(C)(C)C)CC3)ccc2o1. The Labute approximate surface area is 285 Å². The van der Waals surface area contributed by atoms with Crippen molar-refractivity contribution in [3.05, 3.63) is 65.9 Å². The normalized spacial score (nSPS) is 21.6. The number of furan rings is 1. The number of nitrogens with zero attached hydrogens (tertiary/aromatic N) is 1. The van der Waals surface area contributed by atoms with E-state index in [0.29, 0.717) is 55.3 Å². The number of esters is 1. The molecule has 1 saturated carbocycles. The van der Waals surface area contributed by atoms with Gasteiger partial charge in [0.15, 0.2) is 0 Å². The lowest BCUT2D eigenvalue weighted by molar-refractivity contribution is -0.144. The van der Waals surface area contributed by atoms with Crippen LogP contribution < -0.4 is 10.6 Å². The summed E-state index contributed by atoms with van der Waals surface area (Å²) in [7, 11) is 0. The first-order valence-corrected chi connectivity index (χ1v) is 17.0. The average Bonchev–Trinajstić information content (AvgIpc) is 3.70. The highest BCUT2D eigenvalue weighted by Crippen LogP contribution is 2.35. The van der Waals surface area contributed by atoms with Gasteiger partial charge < -0.3 is 34.2 Å². The van der Waals surface area contributed by atoms with E-state index in [1.165, 1.54) is 0 Å². The van der Waals surface area contributed by atoms with Crippen LogP contribution in [-0.2, 0) is 30.4 Å². The van der Waals surface area contributed by atoms with E-state index in [-0.39, 0.29) is 42.6 Å². The van der Waals surface area contributed by atoms with Gasteiger partial charge >= 0.3 is 12.1 Å². The van der Waals surface area contributed by atoms with E-state index in [0.717, 1.165) is 5.56 Å². The molecule has 264 valence electrons. The third-order valence-electron chi connectivity index (χ3n) is 9.02. The lowest BCUT2D eigenvalue weighted by atomic mass is 9.78. The maximum atomic E-state index is 14.0. The third-order valence-corrected chi connectivity index (χ3v) is 9.02. The fourth-order valence-electron chi connectivity index (χ4n) is 6.66. The highest BCUT2D eigenvalue weighted by Gasteiger charge is 2.45. The van der Waals surface area contributed by atoms with Crippen LogP contribution >= 0.6 is 0 Å². The summed E-state index contributed by atoms with van der Waals surface area (Å²) in [6, 6.07) is 14.7. The number of benzene rings is 2. The molecule has 2 aliphatic rings. The molecule has 3 amide bonds. The smallest absolute Gasteiger partial charge is 0.407 e. The Balaban J connectivity index is 1.27. The second-order valence-corrected chi connectivity index (χ2v) is 13.7. The largest absolute Gasteiger partial charge is 0.460 e. The highest BCUT2D eigenvalue weighted by atomic mass is 19.1. The van der Waals surface area contributed by atoms with E-state index in [1.54, 1.807) is 56.9 Å². The van der Waals surface area contributed by atoms with Gasteiger partial charge in [0.1, 0.15) is 23.9 Å². The standard InChI is InChI=1S/C37H46FN3O8/c1-5-46-35(44)31-20-26-19-27(15-16-29(26)48-31)39-33(42)32-30(47-22-23-9-7-6-8-10-23)17-18-41(32)34(43)25-13-11-24(12-14-25)28(21-38)40-36(45)49-37(2,3)4/h6-10,15-16,19-20,24-25,28,30,32H,5,11-14,17-18,21-22H2,1-4H3,(H,39,42)(H,40,45)/t24?,25?,28-,30+,32-/m1/s1. The quantitative estimate of drug-likeness (QED) is 0.222. The van der Waals surface area contributed by atoms with Crippen molar-refractivity contribution in [3.63, 3.8) is 0 Å². The number of likely N-dealkylation sites (tertiary alicyclic amines) is 1. The highest BCUT2D eigenvalue weighted by molar-refractivity contribution is 6.00. The predicted molar refractivity (Wildman–Crippen MR) is 181 cm³/mol. The molecule has 3 atom stereocenters. The van der Waals surface area contributed by atoms with E-state index in [2.05, 4.69) is 10.6 Å². The van der Waals surface area contributed by atoms with Gasteiger partial charge in [-0.2, -0.15) is 0 Å². The number of fused-ring (bicyclic) bond motifs is 1. The van der Waals surface area contributed by atoms with Crippen LogP contribution in [0.4, 0.5) is 14.9 Å². The molecule has 1 aliphatic carbocycles. The maximum absolute atomic E-state index is 14.0. The number of rotatable bonds is 11. The molecule has 11 nitrogen and oxygen atoms in total. The zero-order chi connectivity index (χ0) is 35.1. The van der Waals surface area contributed by atoms with Crippen molar-refractivity contribution < 1.29 is 42.2 Å². The zero-order valence-electron chi connectivity index (χ0n) is 28.5. The van der Waals surface area contributed by atoms with Crippen LogP contribution in [0.1, 0.15) is 75.9 Å². The lowest BCUT2D eigenvalue weighted by Crippen LogP contribution is -2.51. The molecule has 0 radical (unpaired) electrons. The van der Waals surface area contributed by atoms with Gasteiger partial charge in [-0.1, -0.05) is 30.3 Å². The Morgan fingerprint density at radius 1 is 1.00 bits per heavy atom. The minimum atomic E-state index is -0.878. The molecule has 1 aliphatic heterocycles. The van der Waals surface area contributed by atoms with Gasteiger partial charge in [0.05, 0.1) is 25.4 Å². The molecule has 49 heavy (non-hydrogen) atoms. The number of ether oxygens (including phenoxy) is 3. The molecule has 12 heteroatoms. The van der Waals surface area contributed by atoms with Crippen molar-refractivity contribution in [1.82, 2.24) is 10.2 Å². The van der Waals surface area contributed by atoms with E-state index in [1.807, 2.05) is 30.3 Å². The third kappa shape index (κ3) is 9.17. The van der Waals surface area contributed by atoms with Gasteiger partial charge in [-0.25, -0.2) is 14.0 Å². The van der Waals surface area contributed by atoms with Crippen LogP contribution in [-0.4, -0.2) is 72.4 Å². The molecular weight excluding hydrogens is 633 g/mol. The summed E-state index contributed by atoms with van der Waals surface area (Å²) in [5.41, 5.74) is 1.20. The van der Waals surface area contributed by atoms with Crippen LogP contribution in [0, 0.1) is 11.8 Å². The van der Waals surface area contributed by atoms with Crippen molar-refractivity contribution in [2.24, 2.45) is 11.8 Å². The molecule has 1 saturated heterocycles. The molecular formula is C37H46FN3O8. The molecule has 0 unspecified atom stereocenters. The van der Waals surface area contributed by atoms with E-state index < -0.39 is 42.5 Å². The number of alkyl carbamates (subject to hydrolysis) is 1. The summed E-state index contributed by atoms with van der Waals surface area (Å²) in [5.74, 6) is -1.50. The summed E-state index contributed by atoms with van der Waals surface area (Å²) in [4.78, 5) is 54.1. The number of alkyl halides is 1. The second kappa shape index (κ2) is 15.8. The molecule has 2 N–H and O–H groups in total. The van der Waals surface area contributed by atoms with Crippen LogP contribution in [0.2, 0.25) is 0 Å². The number of nitrogens with one attached hydrogen (secondary N) is 2. The summed E-state index contributed by atoms with van der Waals surface area (Å²) >= 11 is 0. The number of hydrogen-bond acceptors (Lipinski definition) is 8. The number of carbonyl (C=O) groups excluding carboxylic acids is 4. The Bertz CT molecular complexity index is 1610. The minimum absolute atomic E-state index is 0.0652. The molecule has 5 rings (SSSR count). The second-order valence-electron chi connectivity index (χ2n) is 13.7. The average molecular weight is 680 g/mol. The Hall–Kier alpha value is -4.45. The predicted octanol–water partition coefficient (Wildman–Crippen LogP) is 6.40. The van der Waals surface area contributed by atoms with E-state index >= 15 is 0 Å². The molecule has 2 fully saturated rings. The Morgan fingerprint density at radius 3 is 2.41 bits per heavy atom. The first-order valence-electron chi connectivity index (χ1n) is 17.0. The Morgan fingerprint density at radius 2 is 1.73 bits per heavy atom. The van der Waals surface area contributed by atoms with Gasteiger partial charge in [-0.05, 0) is 95.5 Å². The summed E-state index contributed by atoms with van der Waals surface area (Å²) in [5, 5.41) is 6.23. The summed E-state index contributed by atoms with van der Waals surface area (Å²) in [6.45, 7) is 7.08. The maximum Gasteiger partial charge on any atom is 0.407 e. The van der Waals surface area contributed by atoms with Crippen LogP contribution in [0.5, 0.6) is 0 Å². The fourth-order valence-corrected chi connectivity index (χ4v) is 6.66. The van der Waals surface area contributed by atoms with Crippen LogP contribution in [0.3, 0.4) is 0 Å². The molecule has 2 aromatic carbocycles. The number of hydrogen-bond donors (Lipinski definition) is 2. The zero-order valence-corrected chi connectivity index (χ0v) is 28.5. The van der Waals surface area contributed by atoms with Crippen molar-refractivity contribution in [3.8, 4) is 0 Å². The molecule has 2 heterocycles. The number of anilines is 1. The van der Waals surface area contributed by atoms with E-state index in [4.69, 9.17) is 18.6 Å². The molecule has 0 bridgehead atoms. The van der Waals surface area contributed by atoms with Gasteiger partial charge in [0.2, 0.25) is 17.6 Å². The van der Waals surface area contributed by atoms with Gasteiger partial charge in [0.25, 0.3) is 0 Å². The van der Waals surface area contributed by atoms with Gasteiger partial charge in [-0.3, -0.25) is 9.59 Å². The van der Waals surface area contributed by atoms with E-state index in [9.17, 15) is 23.6 Å². The van der Waals surface area contributed by atoms with Gasteiger partial charge in [-0.15, -0.1) is 0 Å². The number of carbonyl (C=O) groups is 4. The first-order chi connectivity index (χ1) is 23.5. The van der Waals surface area contributed by atoms with Gasteiger partial charge in [0, 0.05) is 23.5 Å². The first kappa shape index (κ1) is 35.8. The van der Waals surface area contributed by atoms with Crippen molar-refractivity contribution in [1.29, 1.82) is 0 Å². The van der Waals surface area contributed by atoms with Crippen LogP contribution in [0.15, 0.2) is 59.0 Å². The molecule has 1 aromatic heterocycles.